The lowest BCUT2D eigenvalue weighted by molar-refractivity contribution is -0.141. The van der Waals surface area contributed by atoms with E-state index in [0.29, 0.717) is 17.2 Å². The minimum atomic E-state index is -4.45. The third kappa shape index (κ3) is 2.15. The SMILES string of the molecule is CC(C)N1CCn2c(cc3nc(C(F)(F)F)cnc32)C1. The van der Waals surface area contributed by atoms with Crippen LogP contribution >= 0.6 is 0 Å². The lowest BCUT2D eigenvalue weighted by Crippen LogP contribution is -2.38. The molecule has 0 saturated heterocycles. The summed E-state index contributed by atoms with van der Waals surface area (Å²) in [7, 11) is 0. The maximum atomic E-state index is 12.6. The zero-order valence-corrected chi connectivity index (χ0v) is 11.3. The molecule has 4 nitrogen and oxygen atoms in total. The summed E-state index contributed by atoms with van der Waals surface area (Å²) < 4.78 is 39.9. The predicted octanol–water partition coefficient (Wildman–Crippen LogP) is 2.67. The Balaban J connectivity index is 2.04. The van der Waals surface area contributed by atoms with Crippen LogP contribution in [0.4, 0.5) is 13.2 Å². The molecular formula is C13H15F3N4. The van der Waals surface area contributed by atoms with Crippen molar-refractivity contribution >= 4 is 11.2 Å². The van der Waals surface area contributed by atoms with E-state index in [4.69, 9.17) is 0 Å². The topological polar surface area (TPSA) is 34.0 Å². The maximum absolute atomic E-state index is 12.6. The molecule has 2 aromatic rings. The summed E-state index contributed by atoms with van der Waals surface area (Å²) in [6.45, 7) is 6.54. The Kier molecular flexibility index (Phi) is 2.97. The van der Waals surface area contributed by atoms with Crippen LogP contribution in [0.5, 0.6) is 0 Å². The van der Waals surface area contributed by atoms with E-state index in [1.165, 1.54) is 0 Å². The molecule has 0 unspecified atom stereocenters. The van der Waals surface area contributed by atoms with Gasteiger partial charge in [-0.1, -0.05) is 0 Å². The smallest absolute Gasteiger partial charge is 0.326 e. The highest BCUT2D eigenvalue weighted by Crippen LogP contribution is 2.29. The first-order valence-electron chi connectivity index (χ1n) is 6.52. The highest BCUT2D eigenvalue weighted by molar-refractivity contribution is 5.73. The van der Waals surface area contributed by atoms with E-state index < -0.39 is 11.9 Å². The van der Waals surface area contributed by atoms with Crippen molar-refractivity contribution in [1.29, 1.82) is 0 Å². The summed E-state index contributed by atoms with van der Waals surface area (Å²) in [5, 5.41) is 0. The van der Waals surface area contributed by atoms with Gasteiger partial charge in [-0.2, -0.15) is 13.2 Å². The van der Waals surface area contributed by atoms with Gasteiger partial charge in [0.05, 0.1) is 6.20 Å². The zero-order valence-electron chi connectivity index (χ0n) is 11.3. The first-order chi connectivity index (χ1) is 9.36. The van der Waals surface area contributed by atoms with Crippen LogP contribution in [0, 0.1) is 0 Å². The lowest BCUT2D eigenvalue weighted by Gasteiger charge is -2.31. The van der Waals surface area contributed by atoms with Gasteiger partial charge in [-0.15, -0.1) is 0 Å². The molecule has 0 bridgehead atoms. The quantitative estimate of drug-likeness (QED) is 0.807. The summed E-state index contributed by atoms with van der Waals surface area (Å²) in [4.78, 5) is 9.92. The number of alkyl halides is 3. The van der Waals surface area contributed by atoms with Gasteiger partial charge in [0, 0.05) is 31.4 Å². The normalized spacial score (nSPS) is 16.9. The monoisotopic (exact) mass is 284 g/mol. The van der Waals surface area contributed by atoms with Crippen molar-refractivity contribution in [1.82, 2.24) is 19.4 Å². The van der Waals surface area contributed by atoms with Crippen LogP contribution in [0.1, 0.15) is 25.2 Å². The zero-order chi connectivity index (χ0) is 14.5. The van der Waals surface area contributed by atoms with Gasteiger partial charge >= 0.3 is 6.18 Å². The summed E-state index contributed by atoms with van der Waals surface area (Å²) in [5.41, 5.74) is 0.893. The molecule has 0 radical (unpaired) electrons. The van der Waals surface area contributed by atoms with Gasteiger partial charge in [0.15, 0.2) is 11.3 Å². The lowest BCUT2D eigenvalue weighted by atomic mass is 10.2. The van der Waals surface area contributed by atoms with Crippen LogP contribution in [0.3, 0.4) is 0 Å². The van der Waals surface area contributed by atoms with Gasteiger partial charge in [-0.05, 0) is 19.9 Å². The first-order valence-corrected chi connectivity index (χ1v) is 6.52. The highest BCUT2D eigenvalue weighted by Gasteiger charge is 2.33. The highest BCUT2D eigenvalue weighted by atomic mass is 19.4. The molecule has 0 amide bonds. The number of hydrogen-bond acceptors (Lipinski definition) is 3. The van der Waals surface area contributed by atoms with Gasteiger partial charge in [0.25, 0.3) is 0 Å². The van der Waals surface area contributed by atoms with E-state index >= 15 is 0 Å². The number of rotatable bonds is 1. The van der Waals surface area contributed by atoms with E-state index in [2.05, 4.69) is 28.7 Å². The molecule has 3 heterocycles. The van der Waals surface area contributed by atoms with Gasteiger partial charge < -0.3 is 4.57 Å². The Morgan fingerprint density at radius 1 is 1.25 bits per heavy atom. The second-order valence-electron chi connectivity index (χ2n) is 5.31. The fraction of sp³-hybridized carbons (Fsp3) is 0.538. The Morgan fingerprint density at radius 2 is 2.00 bits per heavy atom. The van der Waals surface area contributed by atoms with Crippen molar-refractivity contribution in [3.63, 3.8) is 0 Å². The van der Waals surface area contributed by atoms with Crippen molar-refractivity contribution in [2.45, 2.75) is 39.2 Å². The molecule has 3 rings (SSSR count). The van der Waals surface area contributed by atoms with Crippen molar-refractivity contribution < 1.29 is 13.2 Å². The number of aromatic nitrogens is 3. The summed E-state index contributed by atoms with van der Waals surface area (Å²) in [6.07, 6.45) is -3.64. The molecule has 1 aliphatic heterocycles. The molecule has 20 heavy (non-hydrogen) atoms. The maximum Gasteiger partial charge on any atom is 0.434 e. The second kappa shape index (κ2) is 4.44. The molecule has 1 aliphatic rings. The van der Waals surface area contributed by atoms with Crippen LogP contribution in [-0.2, 0) is 19.3 Å². The molecular weight excluding hydrogens is 269 g/mol. The molecule has 0 atom stereocenters. The standard InChI is InChI=1S/C13H15F3N4/c1-8(2)19-3-4-20-9(7-19)5-10-12(20)17-6-11(18-10)13(14,15)16/h5-6,8H,3-4,7H2,1-2H3. The molecule has 7 heteroatoms. The first kappa shape index (κ1) is 13.4. The van der Waals surface area contributed by atoms with Gasteiger partial charge in [-0.25, -0.2) is 9.97 Å². The van der Waals surface area contributed by atoms with Gasteiger partial charge in [-0.3, -0.25) is 4.90 Å². The van der Waals surface area contributed by atoms with Crippen molar-refractivity contribution in [2.24, 2.45) is 0 Å². The molecule has 108 valence electrons. The third-order valence-electron chi connectivity index (χ3n) is 3.68. The van der Waals surface area contributed by atoms with E-state index in [0.717, 1.165) is 31.5 Å². The molecule has 0 fully saturated rings. The second-order valence-corrected chi connectivity index (χ2v) is 5.31. The summed E-state index contributed by atoms with van der Waals surface area (Å²) in [6, 6.07) is 2.12. The number of fused-ring (bicyclic) bond motifs is 3. The molecule has 0 N–H and O–H groups in total. The van der Waals surface area contributed by atoms with Crippen molar-refractivity contribution in [2.75, 3.05) is 6.54 Å². The number of nitrogens with zero attached hydrogens (tertiary/aromatic N) is 4. The molecule has 0 spiro atoms. The molecule has 0 aliphatic carbocycles. The fourth-order valence-electron chi connectivity index (χ4n) is 2.55. The van der Waals surface area contributed by atoms with E-state index in [-0.39, 0.29) is 0 Å². The molecule has 0 aromatic carbocycles. The van der Waals surface area contributed by atoms with Crippen LogP contribution in [0.25, 0.3) is 11.2 Å². The average molecular weight is 284 g/mol. The van der Waals surface area contributed by atoms with Gasteiger partial charge in [0.2, 0.25) is 0 Å². The summed E-state index contributed by atoms with van der Waals surface area (Å²) in [5.74, 6) is 0. The van der Waals surface area contributed by atoms with Crippen LogP contribution in [0.15, 0.2) is 12.3 Å². The average Bonchev–Trinajstić information content (AvgIpc) is 2.73. The Morgan fingerprint density at radius 3 is 2.65 bits per heavy atom. The minimum Gasteiger partial charge on any atom is -0.326 e. The Hall–Kier alpha value is -1.63. The Bertz CT molecular complexity index is 645. The summed E-state index contributed by atoms with van der Waals surface area (Å²) >= 11 is 0. The number of hydrogen-bond donors (Lipinski definition) is 0. The van der Waals surface area contributed by atoms with E-state index in [1.54, 1.807) is 6.07 Å². The molecule has 2 aromatic heterocycles. The number of halogens is 3. The predicted molar refractivity (Wildman–Crippen MR) is 68.1 cm³/mol. The largest absolute Gasteiger partial charge is 0.434 e. The van der Waals surface area contributed by atoms with E-state index in [9.17, 15) is 13.2 Å². The minimum absolute atomic E-state index is 0.320. The molecule has 0 saturated carbocycles. The van der Waals surface area contributed by atoms with Crippen LogP contribution in [-0.4, -0.2) is 32.0 Å². The fourth-order valence-corrected chi connectivity index (χ4v) is 2.55. The van der Waals surface area contributed by atoms with Gasteiger partial charge in [0.1, 0.15) is 5.52 Å². The van der Waals surface area contributed by atoms with Crippen molar-refractivity contribution in [3.8, 4) is 0 Å². The van der Waals surface area contributed by atoms with E-state index in [1.807, 2.05) is 4.57 Å². The van der Waals surface area contributed by atoms with Crippen LogP contribution < -0.4 is 0 Å². The van der Waals surface area contributed by atoms with Crippen LogP contribution in [0.2, 0.25) is 0 Å². The third-order valence-corrected chi connectivity index (χ3v) is 3.68. The van der Waals surface area contributed by atoms with Crippen molar-refractivity contribution in [3.05, 3.63) is 23.7 Å². The Labute approximate surface area is 114 Å².